The topological polar surface area (TPSA) is 23.6 Å². The van der Waals surface area contributed by atoms with Gasteiger partial charge in [0.1, 0.15) is 0 Å². The number of rotatable bonds is 16. The fraction of sp³-hybridized carbons (Fsp3) is 0.864. The SMILES string of the molecule is CCCCCCCCCCCCCCCCCC(=O)N1C=CN(C)C1.Cl. The summed E-state index contributed by atoms with van der Waals surface area (Å²) in [5.41, 5.74) is 0. The van der Waals surface area contributed by atoms with Gasteiger partial charge in [0.25, 0.3) is 0 Å². The summed E-state index contributed by atoms with van der Waals surface area (Å²) in [6.45, 7) is 3.00. The minimum absolute atomic E-state index is 0. The maximum absolute atomic E-state index is 12.0. The molecule has 0 atom stereocenters. The average molecular weight is 387 g/mol. The van der Waals surface area contributed by atoms with Crippen molar-refractivity contribution in [2.75, 3.05) is 13.7 Å². The van der Waals surface area contributed by atoms with Crippen LogP contribution in [0.3, 0.4) is 0 Å². The summed E-state index contributed by atoms with van der Waals surface area (Å²) < 4.78 is 0. The number of nitrogens with zero attached hydrogens (tertiary/aromatic N) is 2. The van der Waals surface area contributed by atoms with Crippen LogP contribution < -0.4 is 0 Å². The Balaban J connectivity index is 0.00000625. The van der Waals surface area contributed by atoms with Crippen molar-refractivity contribution >= 4 is 18.3 Å². The predicted octanol–water partition coefficient (Wildman–Crippen LogP) is 6.87. The highest BCUT2D eigenvalue weighted by Crippen LogP contribution is 2.14. The maximum Gasteiger partial charge on any atom is 0.228 e. The number of halogens is 1. The van der Waals surface area contributed by atoms with Crippen molar-refractivity contribution in [2.45, 2.75) is 110 Å². The molecule has 0 radical (unpaired) electrons. The molecule has 1 amide bonds. The summed E-state index contributed by atoms with van der Waals surface area (Å²) in [7, 11) is 2.00. The van der Waals surface area contributed by atoms with Crippen LogP contribution in [0.4, 0.5) is 0 Å². The average Bonchev–Trinajstić information content (AvgIpc) is 3.04. The number of carbonyl (C=O) groups excluding carboxylic acids is 1. The molecule has 0 aromatic heterocycles. The molecule has 0 spiro atoms. The molecule has 1 heterocycles. The Morgan fingerprint density at radius 3 is 1.54 bits per heavy atom. The van der Waals surface area contributed by atoms with Crippen LogP contribution in [0.1, 0.15) is 110 Å². The van der Waals surface area contributed by atoms with Crippen LogP contribution in [-0.2, 0) is 4.79 Å². The molecule has 4 heteroatoms. The zero-order chi connectivity index (χ0) is 18.2. The van der Waals surface area contributed by atoms with Crippen LogP contribution in [0.5, 0.6) is 0 Å². The van der Waals surface area contributed by atoms with Gasteiger partial charge in [-0.2, -0.15) is 0 Å². The van der Waals surface area contributed by atoms with Crippen molar-refractivity contribution in [1.29, 1.82) is 0 Å². The largest absolute Gasteiger partial charge is 0.361 e. The fourth-order valence-corrected chi connectivity index (χ4v) is 3.48. The fourth-order valence-electron chi connectivity index (χ4n) is 3.48. The molecule has 26 heavy (non-hydrogen) atoms. The van der Waals surface area contributed by atoms with Crippen LogP contribution in [0, 0.1) is 0 Å². The first-order valence-electron chi connectivity index (χ1n) is 10.9. The van der Waals surface area contributed by atoms with Gasteiger partial charge in [0.2, 0.25) is 5.91 Å². The lowest BCUT2D eigenvalue weighted by Crippen LogP contribution is -2.28. The summed E-state index contributed by atoms with van der Waals surface area (Å²) >= 11 is 0. The smallest absolute Gasteiger partial charge is 0.228 e. The second kappa shape index (κ2) is 17.7. The molecule has 3 nitrogen and oxygen atoms in total. The van der Waals surface area contributed by atoms with Gasteiger partial charge in [0.05, 0.1) is 6.67 Å². The van der Waals surface area contributed by atoms with Crippen molar-refractivity contribution in [3.8, 4) is 0 Å². The van der Waals surface area contributed by atoms with Gasteiger partial charge in [-0.3, -0.25) is 9.69 Å². The van der Waals surface area contributed by atoms with E-state index in [2.05, 4.69) is 6.92 Å². The molecule has 0 fully saturated rings. The predicted molar refractivity (Wildman–Crippen MR) is 115 cm³/mol. The lowest BCUT2D eigenvalue weighted by atomic mass is 10.0. The van der Waals surface area contributed by atoms with Crippen LogP contribution in [-0.4, -0.2) is 29.4 Å². The molecular weight excluding hydrogens is 344 g/mol. The Labute approximate surface area is 169 Å². The molecular formula is C22H43ClN2O. The molecule has 1 aliphatic heterocycles. The standard InChI is InChI=1S/C22H42N2O.ClH/c1-3-4-5-6-7-8-9-10-11-12-13-14-15-16-17-18-22(25)24-20-19-23(2)21-24;/h19-20H,3-18,21H2,1-2H3;1H. The van der Waals surface area contributed by atoms with Crippen molar-refractivity contribution < 1.29 is 4.79 Å². The third kappa shape index (κ3) is 13.5. The van der Waals surface area contributed by atoms with Gasteiger partial charge in [-0.05, 0) is 6.42 Å². The van der Waals surface area contributed by atoms with Crippen LogP contribution >= 0.6 is 12.4 Å². The van der Waals surface area contributed by atoms with Crippen molar-refractivity contribution in [3.05, 3.63) is 12.4 Å². The van der Waals surface area contributed by atoms with Crippen molar-refractivity contribution in [2.24, 2.45) is 0 Å². The first-order chi connectivity index (χ1) is 12.2. The van der Waals surface area contributed by atoms with Gasteiger partial charge in [0, 0.05) is 25.9 Å². The molecule has 0 bridgehead atoms. The van der Waals surface area contributed by atoms with Crippen LogP contribution in [0.25, 0.3) is 0 Å². The summed E-state index contributed by atoms with van der Waals surface area (Å²) in [5, 5.41) is 0. The van der Waals surface area contributed by atoms with E-state index in [1.807, 2.05) is 29.2 Å². The minimum atomic E-state index is 0. The molecule has 0 aromatic rings. The van der Waals surface area contributed by atoms with Gasteiger partial charge in [-0.15, -0.1) is 12.4 Å². The van der Waals surface area contributed by atoms with E-state index in [1.54, 1.807) is 0 Å². The highest BCUT2D eigenvalue weighted by molar-refractivity contribution is 5.85. The number of unbranched alkanes of at least 4 members (excludes halogenated alkanes) is 14. The van der Waals surface area contributed by atoms with E-state index < -0.39 is 0 Å². The second-order valence-corrected chi connectivity index (χ2v) is 7.76. The first kappa shape index (κ1) is 25.3. The highest BCUT2D eigenvalue weighted by Gasteiger charge is 2.15. The van der Waals surface area contributed by atoms with Crippen molar-refractivity contribution in [3.63, 3.8) is 0 Å². The minimum Gasteiger partial charge on any atom is -0.361 e. The van der Waals surface area contributed by atoms with Crippen LogP contribution in [0.2, 0.25) is 0 Å². The Bertz CT molecular complexity index is 360. The molecule has 0 N–H and O–H groups in total. The third-order valence-electron chi connectivity index (χ3n) is 5.19. The van der Waals surface area contributed by atoms with Crippen LogP contribution in [0.15, 0.2) is 12.4 Å². The van der Waals surface area contributed by atoms with E-state index in [1.165, 1.54) is 89.9 Å². The summed E-state index contributed by atoms with van der Waals surface area (Å²) in [6, 6.07) is 0. The molecule has 0 saturated heterocycles. The summed E-state index contributed by atoms with van der Waals surface area (Å²) in [6.07, 6.45) is 25.1. The zero-order valence-corrected chi connectivity index (χ0v) is 18.2. The number of carbonyl (C=O) groups is 1. The lowest BCUT2D eigenvalue weighted by molar-refractivity contribution is -0.129. The van der Waals surface area contributed by atoms with Gasteiger partial charge >= 0.3 is 0 Å². The van der Waals surface area contributed by atoms with E-state index in [-0.39, 0.29) is 18.3 Å². The second-order valence-electron chi connectivity index (χ2n) is 7.76. The summed E-state index contributed by atoms with van der Waals surface area (Å²) in [4.78, 5) is 15.8. The van der Waals surface area contributed by atoms with Crippen molar-refractivity contribution in [1.82, 2.24) is 9.80 Å². The molecule has 1 aliphatic rings. The van der Waals surface area contributed by atoms with E-state index in [0.29, 0.717) is 6.42 Å². The molecule has 0 unspecified atom stereocenters. The summed E-state index contributed by atoms with van der Waals surface area (Å²) in [5.74, 6) is 0.273. The molecule has 0 saturated carbocycles. The zero-order valence-electron chi connectivity index (χ0n) is 17.4. The Hall–Kier alpha value is -0.700. The van der Waals surface area contributed by atoms with E-state index in [9.17, 15) is 4.79 Å². The lowest BCUT2D eigenvalue weighted by Gasteiger charge is -2.16. The number of hydrogen-bond donors (Lipinski definition) is 0. The monoisotopic (exact) mass is 386 g/mol. The molecule has 154 valence electrons. The van der Waals surface area contributed by atoms with E-state index in [0.717, 1.165) is 13.1 Å². The number of hydrogen-bond acceptors (Lipinski definition) is 2. The maximum atomic E-state index is 12.0. The Kier molecular flexibility index (Phi) is 17.2. The molecule has 0 aromatic carbocycles. The normalized spacial score (nSPS) is 13.3. The molecule has 0 aliphatic carbocycles. The van der Waals surface area contributed by atoms with E-state index in [4.69, 9.17) is 0 Å². The highest BCUT2D eigenvalue weighted by atomic mass is 35.5. The van der Waals surface area contributed by atoms with Gasteiger partial charge in [-0.25, -0.2) is 0 Å². The molecule has 1 rings (SSSR count). The van der Waals surface area contributed by atoms with Gasteiger partial charge in [0.15, 0.2) is 0 Å². The third-order valence-corrected chi connectivity index (χ3v) is 5.19. The first-order valence-corrected chi connectivity index (χ1v) is 10.9. The Morgan fingerprint density at radius 2 is 1.15 bits per heavy atom. The number of amides is 1. The quantitative estimate of drug-likeness (QED) is 0.270. The Morgan fingerprint density at radius 1 is 0.731 bits per heavy atom. The van der Waals surface area contributed by atoms with Gasteiger partial charge in [-0.1, -0.05) is 96.8 Å². The van der Waals surface area contributed by atoms with Gasteiger partial charge < -0.3 is 4.90 Å². The van der Waals surface area contributed by atoms with E-state index >= 15 is 0 Å².